The number of aryl methyl sites for hydroxylation is 2. The molecule has 142 valence electrons. The Morgan fingerprint density at radius 3 is 2.96 bits per heavy atom. The summed E-state index contributed by atoms with van der Waals surface area (Å²) in [6, 6.07) is 10.1. The van der Waals surface area contributed by atoms with E-state index in [1.165, 1.54) is 6.42 Å². The first-order chi connectivity index (χ1) is 13.2. The normalized spacial score (nSPS) is 17.4. The lowest BCUT2D eigenvalue weighted by molar-refractivity contribution is 0.0584. The average Bonchev–Trinajstić information content (AvgIpc) is 3.34. The number of benzene rings is 1. The fraction of sp³-hybridized carbons (Fsp3) is 0.429. The summed E-state index contributed by atoms with van der Waals surface area (Å²) in [4.78, 5) is 15.4. The van der Waals surface area contributed by atoms with Crippen LogP contribution in [0.1, 0.15) is 36.2 Å². The van der Waals surface area contributed by atoms with Crippen molar-refractivity contribution < 1.29 is 9.53 Å². The molecule has 1 aliphatic heterocycles. The van der Waals surface area contributed by atoms with Crippen molar-refractivity contribution in [3.63, 3.8) is 0 Å². The molecule has 3 aromatic rings. The Morgan fingerprint density at radius 2 is 2.19 bits per heavy atom. The Kier molecular flexibility index (Phi) is 4.88. The third kappa shape index (κ3) is 3.44. The summed E-state index contributed by atoms with van der Waals surface area (Å²) in [6.07, 6.45) is 8.03. The van der Waals surface area contributed by atoms with Crippen LogP contribution < -0.4 is 4.74 Å². The zero-order valence-corrected chi connectivity index (χ0v) is 16.0. The Morgan fingerprint density at radius 1 is 1.30 bits per heavy atom. The number of hydrogen-bond acceptors (Lipinski definition) is 3. The zero-order chi connectivity index (χ0) is 18.8. The van der Waals surface area contributed by atoms with Gasteiger partial charge in [0, 0.05) is 49.5 Å². The number of hydrogen-bond donors (Lipinski definition) is 0. The number of nitrogens with zero attached hydrogens (tertiary/aromatic N) is 4. The van der Waals surface area contributed by atoms with E-state index < -0.39 is 0 Å². The summed E-state index contributed by atoms with van der Waals surface area (Å²) in [5, 5.41) is 5.32. The van der Waals surface area contributed by atoms with Crippen molar-refractivity contribution in [2.24, 2.45) is 7.05 Å². The standard InChI is InChI=1S/C21H26N4O2/c1-23-19-8-7-18(27-2)14-16(19)15-20(23)21(26)25-12-4-3-6-17(25)9-13-24-11-5-10-22-24/h5,7-8,10-11,14-15,17H,3-4,6,9,12-13H2,1-2H3. The number of carbonyl (C=O) groups excluding carboxylic acids is 1. The first-order valence-electron chi connectivity index (χ1n) is 9.59. The lowest BCUT2D eigenvalue weighted by atomic mass is 9.99. The molecule has 0 aliphatic carbocycles. The molecular formula is C21H26N4O2. The molecule has 0 spiro atoms. The maximum atomic E-state index is 13.4. The second kappa shape index (κ2) is 7.47. The Bertz CT molecular complexity index is 929. The van der Waals surface area contributed by atoms with E-state index in [0.29, 0.717) is 0 Å². The Balaban J connectivity index is 1.57. The van der Waals surface area contributed by atoms with Crippen molar-refractivity contribution in [3.05, 3.63) is 48.4 Å². The number of likely N-dealkylation sites (tertiary alicyclic amines) is 1. The quantitative estimate of drug-likeness (QED) is 0.695. The summed E-state index contributed by atoms with van der Waals surface area (Å²) in [7, 11) is 3.62. The monoisotopic (exact) mass is 366 g/mol. The van der Waals surface area contributed by atoms with E-state index in [1.54, 1.807) is 13.3 Å². The van der Waals surface area contributed by atoms with Crippen LogP contribution >= 0.6 is 0 Å². The molecule has 1 aromatic carbocycles. The molecule has 1 amide bonds. The second-order valence-electron chi connectivity index (χ2n) is 7.22. The van der Waals surface area contributed by atoms with Crippen LogP contribution in [0, 0.1) is 0 Å². The van der Waals surface area contributed by atoms with E-state index >= 15 is 0 Å². The number of carbonyl (C=O) groups is 1. The van der Waals surface area contributed by atoms with Crippen LogP contribution in [-0.2, 0) is 13.6 Å². The van der Waals surface area contributed by atoms with Crippen molar-refractivity contribution >= 4 is 16.8 Å². The molecule has 2 aromatic heterocycles. The highest BCUT2D eigenvalue weighted by atomic mass is 16.5. The molecule has 0 bridgehead atoms. The van der Waals surface area contributed by atoms with Crippen LogP contribution in [0.4, 0.5) is 0 Å². The highest BCUT2D eigenvalue weighted by Crippen LogP contribution is 2.27. The van der Waals surface area contributed by atoms with Gasteiger partial charge in [-0.25, -0.2) is 0 Å². The van der Waals surface area contributed by atoms with Crippen molar-refractivity contribution in [3.8, 4) is 5.75 Å². The molecule has 0 saturated carbocycles. The summed E-state index contributed by atoms with van der Waals surface area (Å²) >= 11 is 0. The predicted molar refractivity (Wildman–Crippen MR) is 105 cm³/mol. The Labute approximate surface area is 159 Å². The van der Waals surface area contributed by atoms with Crippen LogP contribution in [0.3, 0.4) is 0 Å². The van der Waals surface area contributed by atoms with E-state index in [-0.39, 0.29) is 11.9 Å². The van der Waals surface area contributed by atoms with E-state index in [2.05, 4.69) is 10.00 Å². The van der Waals surface area contributed by atoms with Gasteiger partial charge in [-0.3, -0.25) is 9.48 Å². The second-order valence-corrected chi connectivity index (χ2v) is 7.22. The summed E-state index contributed by atoms with van der Waals surface area (Å²) < 4.78 is 9.26. The zero-order valence-electron chi connectivity index (χ0n) is 16.0. The molecule has 0 radical (unpaired) electrons. The molecule has 1 fully saturated rings. The molecule has 3 heterocycles. The predicted octanol–water partition coefficient (Wildman–Crippen LogP) is 3.47. The average molecular weight is 366 g/mol. The van der Waals surface area contributed by atoms with Crippen LogP contribution in [0.5, 0.6) is 5.75 Å². The minimum Gasteiger partial charge on any atom is -0.497 e. The van der Waals surface area contributed by atoms with Crippen LogP contribution in [0.25, 0.3) is 10.9 Å². The minimum absolute atomic E-state index is 0.123. The highest BCUT2D eigenvalue weighted by Gasteiger charge is 2.29. The molecule has 0 N–H and O–H groups in total. The van der Waals surface area contributed by atoms with E-state index in [4.69, 9.17) is 4.74 Å². The molecule has 1 unspecified atom stereocenters. The van der Waals surface area contributed by atoms with Gasteiger partial charge < -0.3 is 14.2 Å². The van der Waals surface area contributed by atoms with Gasteiger partial charge in [-0.1, -0.05) is 0 Å². The van der Waals surface area contributed by atoms with Crippen molar-refractivity contribution in [1.82, 2.24) is 19.2 Å². The SMILES string of the molecule is COc1ccc2c(c1)cc(C(=O)N1CCCCC1CCn1cccn1)n2C. The largest absolute Gasteiger partial charge is 0.497 e. The third-order valence-corrected chi connectivity index (χ3v) is 5.61. The molecule has 4 rings (SSSR count). The molecule has 1 atom stereocenters. The van der Waals surface area contributed by atoms with Crippen LogP contribution in [-0.4, -0.2) is 44.9 Å². The van der Waals surface area contributed by atoms with Gasteiger partial charge in [0.05, 0.1) is 7.11 Å². The number of piperidine rings is 1. The summed E-state index contributed by atoms with van der Waals surface area (Å²) in [5.74, 6) is 0.931. The van der Waals surface area contributed by atoms with E-state index in [9.17, 15) is 4.79 Å². The number of aromatic nitrogens is 3. The Hall–Kier alpha value is -2.76. The fourth-order valence-corrected chi connectivity index (χ4v) is 4.09. The van der Waals surface area contributed by atoms with Gasteiger partial charge in [-0.2, -0.15) is 5.10 Å². The van der Waals surface area contributed by atoms with E-state index in [0.717, 1.165) is 54.7 Å². The number of methoxy groups -OCH3 is 1. The smallest absolute Gasteiger partial charge is 0.270 e. The molecule has 6 heteroatoms. The summed E-state index contributed by atoms with van der Waals surface area (Å²) in [6.45, 7) is 1.67. The molecule has 27 heavy (non-hydrogen) atoms. The lowest BCUT2D eigenvalue weighted by Crippen LogP contribution is -2.44. The van der Waals surface area contributed by atoms with Gasteiger partial charge >= 0.3 is 0 Å². The summed E-state index contributed by atoms with van der Waals surface area (Å²) in [5.41, 5.74) is 1.79. The number of fused-ring (bicyclic) bond motifs is 1. The van der Waals surface area contributed by atoms with Gasteiger partial charge in [-0.15, -0.1) is 0 Å². The maximum Gasteiger partial charge on any atom is 0.270 e. The minimum atomic E-state index is 0.123. The van der Waals surface area contributed by atoms with Gasteiger partial charge in [-0.05, 0) is 56.0 Å². The molecular weight excluding hydrogens is 340 g/mol. The molecule has 1 aliphatic rings. The first kappa shape index (κ1) is 17.6. The van der Waals surface area contributed by atoms with Crippen molar-refractivity contribution in [2.45, 2.75) is 38.3 Å². The van der Waals surface area contributed by atoms with Gasteiger partial charge in [0.1, 0.15) is 11.4 Å². The van der Waals surface area contributed by atoms with Crippen molar-refractivity contribution in [2.75, 3.05) is 13.7 Å². The van der Waals surface area contributed by atoms with Crippen LogP contribution in [0.2, 0.25) is 0 Å². The van der Waals surface area contributed by atoms with Gasteiger partial charge in [0.15, 0.2) is 0 Å². The van der Waals surface area contributed by atoms with Gasteiger partial charge in [0.2, 0.25) is 0 Å². The van der Waals surface area contributed by atoms with Gasteiger partial charge in [0.25, 0.3) is 5.91 Å². The molecule has 6 nitrogen and oxygen atoms in total. The van der Waals surface area contributed by atoms with E-state index in [1.807, 2.05) is 52.8 Å². The number of ether oxygens (including phenoxy) is 1. The van der Waals surface area contributed by atoms with Crippen molar-refractivity contribution in [1.29, 1.82) is 0 Å². The topological polar surface area (TPSA) is 52.3 Å². The maximum absolute atomic E-state index is 13.4. The van der Waals surface area contributed by atoms with Crippen LogP contribution in [0.15, 0.2) is 42.7 Å². The first-order valence-corrected chi connectivity index (χ1v) is 9.59. The number of rotatable bonds is 5. The number of amides is 1. The highest BCUT2D eigenvalue weighted by molar-refractivity contribution is 5.99. The molecule has 1 saturated heterocycles. The third-order valence-electron chi connectivity index (χ3n) is 5.61. The fourth-order valence-electron chi connectivity index (χ4n) is 4.09. The lowest BCUT2D eigenvalue weighted by Gasteiger charge is -2.36.